The summed E-state index contributed by atoms with van der Waals surface area (Å²) < 4.78 is 29.2. The van der Waals surface area contributed by atoms with Crippen LogP contribution < -0.4 is 5.32 Å². The van der Waals surface area contributed by atoms with Gasteiger partial charge in [-0.1, -0.05) is 18.2 Å². The first-order valence-electron chi connectivity index (χ1n) is 8.74. The van der Waals surface area contributed by atoms with E-state index in [-0.39, 0.29) is 32.3 Å². The summed E-state index contributed by atoms with van der Waals surface area (Å²) in [5, 5.41) is 13.8. The summed E-state index contributed by atoms with van der Waals surface area (Å²) in [6.45, 7) is 3.33. The highest BCUT2D eigenvalue weighted by Gasteiger charge is 2.25. The zero-order valence-electron chi connectivity index (χ0n) is 15.7. The minimum Gasteiger partial charge on any atom is -0.478 e. The average Bonchev–Trinajstić information content (AvgIpc) is 3.30. The lowest BCUT2D eigenvalue weighted by atomic mass is 10.0. The Labute approximate surface area is 177 Å². The number of thiazole rings is 1. The van der Waals surface area contributed by atoms with Crippen molar-refractivity contribution in [1.82, 2.24) is 4.98 Å². The average molecular weight is 444 g/mol. The Hall–Kier alpha value is -3.17. The maximum atomic E-state index is 14.4. The Morgan fingerprint density at radius 3 is 2.57 bits per heavy atom. The van der Waals surface area contributed by atoms with Gasteiger partial charge in [-0.05, 0) is 37.1 Å². The van der Waals surface area contributed by atoms with E-state index in [4.69, 9.17) is 0 Å². The van der Waals surface area contributed by atoms with Crippen LogP contribution in [0.3, 0.4) is 0 Å². The van der Waals surface area contributed by atoms with Gasteiger partial charge in [-0.15, -0.1) is 22.7 Å². The van der Waals surface area contributed by atoms with Crippen LogP contribution in [0.5, 0.6) is 0 Å². The van der Waals surface area contributed by atoms with Crippen molar-refractivity contribution in [1.29, 1.82) is 0 Å². The molecule has 0 spiro atoms. The van der Waals surface area contributed by atoms with E-state index in [1.54, 1.807) is 0 Å². The maximum absolute atomic E-state index is 14.4. The molecule has 2 N–H and O–H groups in total. The standard InChI is InChI=1S/C21H14F2N2O3S2/c1-9-3-6-14-13(7-9)24-20(30-14)18(26)25-19-15(21(27)28)12(8-29-19)11-5-4-10(2)16(22)17(11)23/h3-8H,1-2H3,(H,25,26)(H,27,28). The van der Waals surface area contributed by atoms with Gasteiger partial charge < -0.3 is 10.4 Å². The maximum Gasteiger partial charge on any atom is 0.339 e. The normalized spacial score (nSPS) is 11.1. The number of halogens is 2. The molecule has 2 aromatic heterocycles. The van der Waals surface area contributed by atoms with Gasteiger partial charge in [0, 0.05) is 16.5 Å². The van der Waals surface area contributed by atoms with E-state index in [9.17, 15) is 23.5 Å². The first-order valence-corrected chi connectivity index (χ1v) is 10.4. The molecule has 2 heterocycles. The fourth-order valence-electron chi connectivity index (χ4n) is 3.01. The molecule has 1 amide bonds. The number of carboxylic acids is 1. The molecule has 0 bridgehead atoms. The number of fused-ring (bicyclic) bond motifs is 1. The second-order valence-electron chi connectivity index (χ2n) is 6.66. The third kappa shape index (κ3) is 3.46. The molecule has 152 valence electrons. The molecule has 0 aliphatic heterocycles. The first-order chi connectivity index (χ1) is 14.3. The van der Waals surface area contributed by atoms with Gasteiger partial charge in [-0.25, -0.2) is 18.6 Å². The number of carbonyl (C=O) groups excluding carboxylic acids is 1. The minimum absolute atomic E-state index is 0.000810. The lowest BCUT2D eigenvalue weighted by Crippen LogP contribution is -2.13. The number of rotatable bonds is 4. The highest BCUT2D eigenvalue weighted by atomic mass is 32.1. The van der Waals surface area contributed by atoms with E-state index in [1.165, 1.54) is 35.8 Å². The predicted molar refractivity (Wildman–Crippen MR) is 114 cm³/mol. The van der Waals surface area contributed by atoms with Gasteiger partial charge in [-0.2, -0.15) is 0 Å². The molecule has 2 aromatic carbocycles. The van der Waals surface area contributed by atoms with Crippen molar-refractivity contribution in [2.75, 3.05) is 5.32 Å². The van der Waals surface area contributed by atoms with Gasteiger partial charge in [0.2, 0.25) is 0 Å². The molecular formula is C21H14F2N2O3S2. The molecule has 9 heteroatoms. The van der Waals surface area contributed by atoms with Gasteiger partial charge in [0.05, 0.1) is 10.2 Å². The van der Waals surface area contributed by atoms with Gasteiger partial charge >= 0.3 is 5.97 Å². The number of hydrogen-bond acceptors (Lipinski definition) is 5. The number of amides is 1. The first kappa shape index (κ1) is 20.1. The van der Waals surface area contributed by atoms with E-state index < -0.39 is 23.5 Å². The van der Waals surface area contributed by atoms with Crippen molar-refractivity contribution in [2.24, 2.45) is 0 Å². The van der Waals surface area contributed by atoms with Crippen LogP contribution in [0.2, 0.25) is 0 Å². The fraction of sp³-hybridized carbons (Fsp3) is 0.0952. The Kier molecular flexibility index (Phi) is 5.08. The zero-order chi connectivity index (χ0) is 21.6. The molecule has 5 nitrogen and oxygen atoms in total. The fourth-order valence-corrected chi connectivity index (χ4v) is 4.79. The molecule has 0 aliphatic rings. The van der Waals surface area contributed by atoms with Crippen LogP contribution in [0.15, 0.2) is 35.7 Å². The number of carboxylic acid groups (broad SMARTS) is 1. The summed E-state index contributed by atoms with van der Waals surface area (Å²) in [6, 6.07) is 8.32. The van der Waals surface area contributed by atoms with Crippen LogP contribution >= 0.6 is 22.7 Å². The van der Waals surface area contributed by atoms with Crippen molar-refractivity contribution >= 4 is 49.8 Å². The Balaban J connectivity index is 1.72. The van der Waals surface area contributed by atoms with E-state index >= 15 is 0 Å². The largest absolute Gasteiger partial charge is 0.478 e. The number of carbonyl (C=O) groups is 2. The van der Waals surface area contributed by atoms with Crippen molar-refractivity contribution < 1.29 is 23.5 Å². The third-order valence-electron chi connectivity index (χ3n) is 4.53. The van der Waals surface area contributed by atoms with Crippen LogP contribution in [-0.2, 0) is 0 Å². The molecule has 0 saturated carbocycles. The topological polar surface area (TPSA) is 79.3 Å². The van der Waals surface area contributed by atoms with E-state index in [1.807, 2.05) is 25.1 Å². The van der Waals surface area contributed by atoms with Gasteiger partial charge in [0.15, 0.2) is 16.6 Å². The molecule has 0 fully saturated rings. The van der Waals surface area contributed by atoms with Crippen LogP contribution in [-0.4, -0.2) is 22.0 Å². The summed E-state index contributed by atoms with van der Waals surface area (Å²) in [5.41, 5.74) is 1.31. The summed E-state index contributed by atoms with van der Waals surface area (Å²) in [6.07, 6.45) is 0. The van der Waals surface area contributed by atoms with Gasteiger partial charge in [0.25, 0.3) is 5.91 Å². The Morgan fingerprint density at radius 1 is 1.07 bits per heavy atom. The van der Waals surface area contributed by atoms with Crippen LogP contribution in [0.4, 0.5) is 13.8 Å². The number of hydrogen-bond donors (Lipinski definition) is 2. The number of anilines is 1. The zero-order valence-corrected chi connectivity index (χ0v) is 17.4. The van der Waals surface area contributed by atoms with Crippen molar-refractivity contribution in [2.45, 2.75) is 13.8 Å². The molecular weight excluding hydrogens is 430 g/mol. The number of aryl methyl sites for hydroxylation is 2. The van der Waals surface area contributed by atoms with Crippen LogP contribution in [0.1, 0.15) is 31.3 Å². The smallest absolute Gasteiger partial charge is 0.339 e. The Morgan fingerprint density at radius 2 is 1.83 bits per heavy atom. The lowest BCUT2D eigenvalue weighted by molar-refractivity contribution is 0.0699. The number of nitrogens with one attached hydrogen (secondary N) is 1. The molecule has 0 unspecified atom stereocenters. The Bertz CT molecular complexity index is 1330. The van der Waals surface area contributed by atoms with Gasteiger partial charge in [0.1, 0.15) is 10.6 Å². The highest BCUT2D eigenvalue weighted by Crippen LogP contribution is 2.38. The monoisotopic (exact) mass is 444 g/mol. The van der Waals surface area contributed by atoms with Crippen molar-refractivity contribution in [3.63, 3.8) is 0 Å². The van der Waals surface area contributed by atoms with Gasteiger partial charge in [-0.3, -0.25) is 4.79 Å². The number of aromatic carboxylic acids is 1. The number of benzene rings is 2. The second-order valence-corrected chi connectivity index (χ2v) is 8.57. The van der Waals surface area contributed by atoms with Crippen LogP contribution in [0.25, 0.3) is 21.3 Å². The number of aromatic nitrogens is 1. The molecule has 0 saturated heterocycles. The summed E-state index contributed by atoms with van der Waals surface area (Å²) in [4.78, 5) is 28.8. The number of nitrogens with zero attached hydrogens (tertiary/aromatic N) is 1. The highest BCUT2D eigenvalue weighted by molar-refractivity contribution is 7.20. The molecule has 4 rings (SSSR count). The summed E-state index contributed by atoms with van der Waals surface area (Å²) >= 11 is 2.11. The van der Waals surface area contributed by atoms with E-state index in [2.05, 4.69) is 10.3 Å². The molecule has 0 aliphatic carbocycles. The molecule has 0 radical (unpaired) electrons. The van der Waals surface area contributed by atoms with Crippen molar-refractivity contribution in [3.8, 4) is 11.1 Å². The molecule has 0 atom stereocenters. The molecule has 4 aromatic rings. The van der Waals surface area contributed by atoms with Crippen LogP contribution in [0, 0.1) is 25.5 Å². The van der Waals surface area contributed by atoms with Crippen molar-refractivity contribution in [3.05, 3.63) is 69.0 Å². The minimum atomic E-state index is -1.36. The SMILES string of the molecule is Cc1ccc2sc(C(=O)Nc3scc(-c4ccc(C)c(F)c4F)c3C(=O)O)nc2c1. The lowest BCUT2D eigenvalue weighted by Gasteiger charge is -2.07. The predicted octanol–water partition coefficient (Wildman–Crippen LogP) is 5.87. The second kappa shape index (κ2) is 7.58. The van der Waals surface area contributed by atoms with E-state index in [0.29, 0.717) is 5.52 Å². The summed E-state index contributed by atoms with van der Waals surface area (Å²) in [5.74, 6) is -4.10. The molecule has 30 heavy (non-hydrogen) atoms. The van der Waals surface area contributed by atoms with E-state index in [0.717, 1.165) is 21.6 Å². The quantitative estimate of drug-likeness (QED) is 0.413. The third-order valence-corrected chi connectivity index (χ3v) is 6.47. The summed E-state index contributed by atoms with van der Waals surface area (Å²) in [7, 11) is 0. The number of thiophene rings is 1.